The summed E-state index contributed by atoms with van der Waals surface area (Å²) in [4.78, 5) is 26.7. The van der Waals surface area contributed by atoms with Gasteiger partial charge in [0, 0.05) is 54.4 Å². The van der Waals surface area contributed by atoms with Crippen LogP contribution in [0.2, 0.25) is 5.02 Å². The standard InChI is InChI=1S/C25H33ClN2O5/c1-15-22-19(23(30)31-3)10-17(26)11-20(22)33-24(2,32-15)16-4-6-18(7-5-16)28-9-8-25(14-28)12-21(29)27-13-25/h10-11,15-16,18H,4-9,12-14H2,1-3H3,(H,27,29). The number of carbonyl (C=O) groups excluding carboxylic acids is 2. The van der Waals surface area contributed by atoms with Crippen molar-refractivity contribution in [3.63, 3.8) is 0 Å². The van der Waals surface area contributed by atoms with E-state index in [1.54, 1.807) is 12.1 Å². The van der Waals surface area contributed by atoms with Gasteiger partial charge in [0.05, 0.1) is 18.8 Å². The molecule has 5 rings (SSSR count). The van der Waals surface area contributed by atoms with E-state index in [1.807, 2.05) is 13.8 Å². The first-order chi connectivity index (χ1) is 15.7. The average Bonchev–Trinajstić information content (AvgIpc) is 3.37. The van der Waals surface area contributed by atoms with Crippen LogP contribution in [0.15, 0.2) is 12.1 Å². The molecule has 8 heteroatoms. The molecule has 1 aliphatic carbocycles. The van der Waals surface area contributed by atoms with Gasteiger partial charge in [-0.3, -0.25) is 9.69 Å². The van der Waals surface area contributed by atoms with Gasteiger partial charge in [-0.25, -0.2) is 4.79 Å². The Morgan fingerprint density at radius 2 is 2.03 bits per heavy atom. The van der Waals surface area contributed by atoms with E-state index in [0.29, 0.717) is 34.4 Å². The van der Waals surface area contributed by atoms with Crippen LogP contribution in [0.5, 0.6) is 5.75 Å². The maximum absolute atomic E-state index is 12.3. The second-order valence-corrected chi connectivity index (χ2v) is 10.9. The Balaban J connectivity index is 1.27. The SMILES string of the molecule is COC(=O)c1cc(Cl)cc2c1C(C)OC(C)(C1CCC(N3CCC4(CNC(=O)C4)C3)CC1)O2. The van der Waals surface area contributed by atoms with Crippen molar-refractivity contribution in [3.05, 3.63) is 28.3 Å². The number of rotatable bonds is 3. The first kappa shape index (κ1) is 22.9. The lowest BCUT2D eigenvalue weighted by Gasteiger charge is -2.47. The van der Waals surface area contributed by atoms with Crippen LogP contribution in [0.4, 0.5) is 0 Å². The fraction of sp³-hybridized carbons (Fsp3) is 0.680. The molecular weight excluding hydrogens is 444 g/mol. The van der Waals surface area contributed by atoms with Crippen molar-refractivity contribution < 1.29 is 23.8 Å². The minimum atomic E-state index is -0.774. The van der Waals surface area contributed by atoms with Crippen molar-refractivity contribution in [2.75, 3.05) is 26.7 Å². The number of benzene rings is 1. The van der Waals surface area contributed by atoms with Gasteiger partial charge in [0.1, 0.15) is 5.75 Å². The maximum Gasteiger partial charge on any atom is 0.338 e. The molecule has 3 fully saturated rings. The van der Waals surface area contributed by atoms with E-state index in [0.717, 1.165) is 51.7 Å². The molecular formula is C25H33ClN2O5. The zero-order valence-corrected chi connectivity index (χ0v) is 20.4. The van der Waals surface area contributed by atoms with Gasteiger partial charge in [-0.2, -0.15) is 0 Å². The fourth-order valence-electron chi connectivity index (χ4n) is 6.49. The smallest absolute Gasteiger partial charge is 0.338 e. The molecule has 180 valence electrons. The average molecular weight is 477 g/mol. The van der Waals surface area contributed by atoms with Gasteiger partial charge < -0.3 is 19.5 Å². The number of amides is 1. The molecule has 0 bridgehead atoms. The summed E-state index contributed by atoms with van der Waals surface area (Å²) in [6.07, 6.45) is 5.67. The number of esters is 1. The molecule has 3 heterocycles. The number of nitrogens with zero attached hydrogens (tertiary/aromatic N) is 1. The number of nitrogens with one attached hydrogen (secondary N) is 1. The molecule has 1 aromatic rings. The third-order valence-electron chi connectivity index (χ3n) is 8.26. The summed E-state index contributed by atoms with van der Waals surface area (Å²) in [5, 5.41) is 3.47. The van der Waals surface area contributed by atoms with Crippen molar-refractivity contribution >= 4 is 23.5 Å². The van der Waals surface area contributed by atoms with E-state index in [4.69, 9.17) is 25.8 Å². The number of carbonyl (C=O) groups is 2. The lowest BCUT2D eigenvalue weighted by atomic mass is 9.80. The molecule has 0 radical (unpaired) electrons. The Labute approximate surface area is 200 Å². The van der Waals surface area contributed by atoms with Gasteiger partial charge in [0.2, 0.25) is 11.7 Å². The van der Waals surface area contributed by atoms with Gasteiger partial charge in [0.25, 0.3) is 0 Å². The van der Waals surface area contributed by atoms with E-state index in [1.165, 1.54) is 7.11 Å². The first-order valence-corrected chi connectivity index (χ1v) is 12.4. The Kier molecular flexibility index (Phi) is 5.86. The van der Waals surface area contributed by atoms with Gasteiger partial charge in [0.15, 0.2) is 0 Å². The zero-order valence-electron chi connectivity index (χ0n) is 19.6. The number of halogens is 1. The summed E-state index contributed by atoms with van der Waals surface area (Å²) in [5.41, 5.74) is 1.23. The predicted octanol–water partition coefficient (Wildman–Crippen LogP) is 4.08. The lowest BCUT2D eigenvalue weighted by Crippen LogP contribution is -2.50. The predicted molar refractivity (Wildman–Crippen MR) is 123 cm³/mol. The van der Waals surface area contributed by atoms with Crippen molar-refractivity contribution in [1.29, 1.82) is 0 Å². The van der Waals surface area contributed by atoms with E-state index < -0.39 is 11.8 Å². The molecule has 1 saturated carbocycles. The summed E-state index contributed by atoms with van der Waals surface area (Å²) in [6, 6.07) is 3.93. The minimum Gasteiger partial charge on any atom is -0.465 e. The monoisotopic (exact) mass is 476 g/mol. The van der Waals surface area contributed by atoms with Crippen LogP contribution >= 0.6 is 11.6 Å². The third kappa shape index (κ3) is 4.13. The number of ether oxygens (including phenoxy) is 3. The molecule has 1 aromatic carbocycles. The summed E-state index contributed by atoms with van der Waals surface area (Å²) in [7, 11) is 1.36. The highest BCUT2D eigenvalue weighted by Crippen LogP contribution is 2.48. The Morgan fingerprint density at radius 3 is 2.70 bits per heavy atom. The largest absolute Gasteiger partial charge is 0.465 e. The number of fused-ring (bicyclic) bond motifs is 1. The van der Waals surface area contributed by atoms with E-state index >= 15 is 0 Å². The number of methoxy groups -OCH3 is 1. The van der Waals surface area contributed by atoms with E-state index in [-0.39, 0.29) is 23.3 Å². The van der Waals surface area contributed by atoms with Crippen molar-refractivity contribution in [2.45, 2.75) is 70.3 Å². The van der Waals surface area contributed by atoms with Crippen LogP contribution in [0.25, 0.3) is 0 Å². The first-order valence-electron chi connectivity index (χ1n) is 12.0. The molecule has 33 heavy (non-hydrogen) atoms. The summed E-state index contributed by atoms with van der Waals surface area (Å²) in [5.74, 6) is -0.171. The Hall–Kier alpha value is -1.83. The number of hydrogen-bond donors (Lipinski definition) is 1. The molecule has 4 aliphatic rings. The highest BCUT2D eigenvalue weighted by Gasteiger charge is 2.49. The summed E-state index contributed by atoms with van der Waals surface area (Å²) in [6.45, 7) is 6.88. The molecule has 0 aromatic heterocycles. The lowest BCUT2D eigenvalue weighted by molar-refractivity contribution is -0.250. The Bertz CT molecular complexity index is 962. The van der Waals surface area contributed by atoms with E-state index in [2.05, 4.69) is 10.2 Å². The zero-order chi connectivity index (χ0) is 23.4. The van der Waals surface area contributed by atoms with Crippen LogP contribution in [-0.4, -0.2) is 55.3 Å². The maximum atomic E-state index is 12.3. The van der Waals surface area contributed by atoms with Gasteiger partial charge >= 0.3 is 5.97 Å². The number of likely N-dealkylation sites (tertiary alicyclic amines) is 1. The highest BCUT2D eigenvalue weighted by molar-refractivity contribution is 6.31. The molecule has 7 nitrogen and oxygen atoms in total. The molecule has 3 aliphatic heterocycles. The van der Waals surface area contributed by atoms with Crippen molar-refractivity contribution in [3.8, 4) is 5.75 Å². The third-order valence-corrected chi connectivity index (χ3v) is 8.48. The Morgan fingerprint density at radius 1 is 1.27 bits per heavy atom. The molecule has 1 spiro atoms. The van der Waals surface area contributed by atoms with Crippen LogP contribution in [-0.2, 0) is 14.3 Å². The van der Waals surface area contributed by atoms with Crippen molar-refractivity contribution in [1.82, 2.24) is 10.2 Å². The van der Waals surface area contributed by atoms with Crippen LogP contribution in [0.1, 0.15) is 74.4 Å². The van der Waals surface area contributed by atoms with Crippen LogP contribution < -0.4 is 10.1 Å². The summed E-state index contributed by atoms with van der Waals surface area (Å²) < 4.78 is 17.8. The fourth-order valence-corrected chi connectivity index (χ4v) is 6.70. The van der Waals surface area contributed by atoms with Crippen molar-refractivity contribution in [2.24, 2.45) is 11.3 Å². The van der Waals surface area contributed by atoms with Gasteiger partial charge in [-0.1, -0.05) is 11.6 Å². The topological polar surface area (TPSA) is 77.1 Å². The second-order valence-electron chi connectivity index (χ2n) is 10.4. The minimum absolute atomic E-state index is 0.144. The number of hydrogen-bond acceptors (Lipinski definition) is 6. The molecule has 3 atom stereocenters. The van der Waals surface area contributed by atoms with Gasteiger partial charge in [-0.15, -0.1) is 0 Å². The normalized spacial score (nSPS) is 36.4. The van der Waals surface area contributed by atoms with Crippen LogP contribution in [0, 0.1) is 11.3 Å². The summed E-state index contributed by atoms with van der Waals surface area (Å²) >= 11 is 6.30. The van der Waals surface area contributed by atoms with Crippen LogP contribution in [0.3, 0.4) is 0 Å². The van der Waals surface area contributed by atoms with Gasteiger partial charge in [-0.05, 0) is 57.7 Å². The molecule has 1 amide bonds. The quantitative estimate of drug-likeness (QED) is 0.662. The highest BCUT2D eigenvalue weighted by atomic mass is 35.5. The second kappa shape index (κ2) is 8.43. The molecule has 2 saturated heterocycles. The molecule has 1 N–H and O–H groups in total. The van der Waals surface area contributed by atoms with E-state index in [9.17, 15) is 9.59 Å². The molecule has 3 unspecified atom stereocenters.